The maximum Gasteiger partial charge on any atom is 0.416 e. The Bertz CT molecular complexity index is 792. The Balaban J connectivity index is 0.00000392. The number of aryl methyl sites for hydroxylation is 1. The van der Waals surface area contributed by atoms with E-state index in [-0.39, 0.29) is 30.5 Å². The first-order valence-corrected chi connectivity index (χ1v) is 8.65. The van der Waals surface area contributed by atoms with Gasteiger partial charge in [-0.25, -0.2) is 0 Å². The zero-order valence-electron chi connectivity index (χ0n) is 15.5. The predicted octanol–water partition coefficient (Wildman–Crippen LogP) is 3.52. The largest absolute Gasteiger partial charge is 0.416 e. The van der Waals surface area contributed by atoms with Crippen molar-refractivity contribution < 1.29 is 13.2 Å². The summed E-state index contributed by atoms with van der Waals surface area (Å²) in [5.41, 5.74) is -0.373. The van der Waals surface area contributed by atoms with Crippen molar-refractivity contribution in [2.75, 3.05) is 19.6 Å². The minimum absolute atomic E-state index is 0. The third kappa shape index (κ3) is 8.65. The maximum absolute atomic E-state index is 12.7. The molecule has 0 saturated heterocycles. The van der Waals surface area contributed by atoms with E-state index in [0.717, 1.165) is 25.1 Å². The molecule has 0 fully saturated rings. The first-order chi connectivity index (χ1) is 13.0. The van der Waals surface area contributed by atoms with Crippen LogP contribution >= 0.6 is 24.0 Å². The molecular formula is C19H23F3IN5. The second-order valence-corrected chi connectivity index (χ2v) is 5.62. The summed E-state index contributed by atoms with van der Waals surface area (Å²) < 4.78 is 39.9. The molecule has 1 aromatic carbocycles. The number of nitrogens with one attached hydrogen (secondary N) is 2. The first-order valence-electron chi connectivity index (χ1n) is 8.65. The average molecular weight is 505 g/mol. The van der Waals surface area contributed by atoms with E-state index in [9.17, 15) is 13.2 Å². The number of hydrogen-bond acceptors (Lipinski definition) is 2. The second kappa shape index (κ2) is 12.3. The third-order valence-electron chi connectivity index (χ3n) is 3.49. The molecule has 0 saturated carbocycles. The Morgan fingerprint density at radius 2 is 2.07 bits per heavy atom. The fourth-order valence-corrected chi connectivity index (χ4v) is 2.25. The molecule has 0 unspecified atom stereocenters. The fourth-order valence-electron chi connectivity index (χ4n) is 2.25. The van der Waals surface area contributed by atoms with Gasteiger partial charge in [-0.15, -0.1) is 24.0 Å². The van der Waals surface area contributed by atoms with E-state index in [2.05, 4.69) is 32.6 Å². The van der Waals surface area contributed by atoms with Crippen LogP contribution in [0.15, 0.2) is 47.7 Å². The number of halogens is 4. The molecule has 0 spiro atoms. The lowest BCUT2D eigenvalue weighted by atomic mass is 10.1. The molecule has 0 amide bonds. The van der Waals surface area contributed by atoms with E-state index < -0.39 is 11.7 Å². The molecular weight excluding hydrogens is 482 g/mol. The summed E-state index contributed by atoms with van der Waals surface area (Å²) in [6.07, 6.45) is 0.111. The first kappa shape index (κ1) is 23.8. The average Bonchev–Trinajstić information content (AvgIpc) is 3.15. The van der Waals surface area contributed by atoms with E-state index in [0.29, 0.717) is 24.6 Å². The number of aromatic nitrogens is 2. The van der Waals surface area contributed by atoms with Gasteiger partial charge in [-0.05, 0) is 37.6 Å². The summed E-state index contributed by atoms with van der Waals surface area (Å²) in [4.78, 5) is 4.44. The molecule has 1 aromatic heterocycles. The van der Waals surface area contributed by atoms with Crippen molar-refractivity contribution in [1.29, 1.82) is 0 Å². The van der Waals surface area contributed by atoms with E-state index in [1.165, 1.54) is 6.07 Å². The van der Waals surface area contributed by atoms with Gasteiger partial charge in [0.1, 0.15) is 0 Å². The molecule has 2 aromatic rings. The Hall–Kier alpha value is -2.22. The monoisotopic (exact) mass is 505 g/mol. The molecule has 2 N–H and O–H groups in total. The molecule has 9 heteroatoms. The van der Waals surface area contributed by atoms with Gasteiger partial charge >= 0.3 is 6.18 Å². The standard InChI is InChI=1S/C19H22F3N5.HI/c1-2-23-18(25-11-5-13-27-14-6-12-26-27)24-10-4-8-16-7-3-9-17(15-16)19(20,21)22;/h3,6-7,9,12,14-15H,2,5,10-11,13H2,1H3,(H2,23,24,25);1H. The van der Waals surface area contributed by atoms with Gasteiger partial charge in [-0.1, -0.05) is 17.9 Å². The number of rotatable bonds is 6. The highest BCUT2D eigenvalue weighted by molar-refractivity contribution is 14.0. The Morgan fingerprint density at radius 3 is 2.75 bits per heavy atom. The summed E-state index contributed by atoms with van der Waals surface area (Å²) in [5.74, 6) is 6.17. The highest BCUT2D eigenvalue weighted by Gasteiger charge is 2.30. The second-order valence-electron chi connectivity index (χ2n) is 5.62. The number of aliphatic imine (C=N–C) groups is 1. The van der Waals surface area contributed by atoms with E-state index in [1.54, 1.807) is 12.3 Å². The lowest BCUT2D eigenvalue weighted by Gasteiger charge is -2.08. The topological polar surface area (TPSA) is 54.2 Å². The van der Waals surface area contributed by atoms with Crippen molar-refractivity contribution >= 4 is 29.9 Å². The summed E-state index contributed by atoms with van der Waals surface area (Å²) in [7, 11) is 0. The van der Waals surface area contributed by atoms with Gasteiger partial charge < -0.3 is 10.6 Å². The van der Waals surface area contributed by atoms with Crippen LogP contribution in [0.5, 0.6) is 0 Å². The van der Waals surface area contributed by atoms with Gasteiger partial charge in [0.25, 0.3) is 0 Å². The molecule has 0 atom stereocenters. The van der Waals surface area contributed by atoms with Gasteiger partial charge in [0.2, 0.25) is 0 Å². The van der Waals surface area contributed by atoms with Crippen molar-refractivity contribution in [3.63, 3.8) is 0 Å². The Morgan fingerprint density at radius 1 is 1.25 bits per heavy atom. The number of nitrogens with zero attached hydrogens (tertiary/aromatic N) is 3. The van der Waals surface area contributed by atoms with Gasteiger partial charge in [0.15, 0.2) is 5.96 Å². The zero-order valence-corrected chi connectivity index (χ0v) is 17.8. The van der Waals surface area contributed by atoms with Crippen LogP contribution < -0.4 is 10.6 Å². The molecule has 0 aliphatic carbocycles. The predicted molar refractivity (Wildman–Crippen MR) is 115 cm³/mol. The number of benzene rings is 1. The minimum Gasteiger partial charge on any atom is -0.357 e. The highest BCUT2D eigenvalue weighted by Crippen LogP contribution is 2.29. The minimum atomic E-state index is -4.36. The van der Waals surface area contributed by atoms with Crippen LogP contribution in [-0.4, -0.2) is 35.4 Å². The third-order valence-corrected chi connectivity index (χ3v) is 3.49. The molecule has 152 valence electrons. The van der Waals surface area contributed by atoms with Crippen LogP contribution in [0.4, 0.5) is 13.2 Å². The summed E-state index contributed by atoms with van der Waals surface area (Å²) in [6.45, 7) is 4.34. The lowest BCUT2D eigenvalue weighted by Crippen LogP contribution is -2.37. The van der Waals surface area contributed by atoms with Crippen LogP contribution in [0.2, 0.25) is 0 Å². The van der Waals surface area contributed by atoms with Gasteiger partial charge in [0, 0.05) is 37.6 Å². The van der Waals surface area contributed by atoms with Crippen molar-refractivity contribution in [2.24, 2.45) is 4.99 Å². The van der Waals surface area contributed by atoms with Crippen LogP contribution in [0.25, 0.3) is 0 Å². The Labute approximate surface area is 179 Å². The van der Waals surface area contributed by atoms with Gasteiger partial charge in [-0.3, -0.25) is 9.67 Å². The van der Waals surface area contributed by atoms with Crippen LogP contribution in [0.3, 0.4) is 0 Å². The lowest BCUT2D eigenvalue weighted by molar-refractivity contribution is -0.137. The van der Waals surface area contributed by atoms with Crippen LogP contribution in [0.1, 0.15) is 24.5 Å². The molecule has 1 heterocycles. The molecule has 2 rings (SSSR count). The summed E-state index contributed by atoms with van der Waals surface area (Å²) >= 11 is 0. The normalized spacial score (nSPS) is 11.2. The highest BCUT2D eigenvalue weighted by atomic mass is 127. The molecule has 28 heavy (non-hydrogen) atoms. The van der Waals surface area contributed by atoms with Crippen LogP contribution in [0, 0.1) is 11.8 Å². The molecule has 5 nitrogen and oxygen atoms in total. The smallest absolute Gasteiger partial charge is 0.357 e. The Kier molecular flexibility index (Phi) is 10.4. The van der Waals surface area contributed by atoms with E-state index in [4.69, 9.17) is 0 Å². The SMILES string of the molecule is CCNC(=NCCCn1cccn1)NCC#Cc1cccc(C(F)(F)F)c1.I. The summed E-state index contributed by atoms with van der Waals surface area (Å²) in [6, 6.07) is 6.85. The quantitative estimate of drug-likeness (QED) is 0.208. The van der Waals surface area contributed by atoms with Crippen molar-refractivity contribution in [3.8, 4) is 11.8 Å². The van der Waals surface area contributed by atoms with Gasteiger partial charge in [-0.2, -0.15) is 18.3 Å². The van der Waals surface area contributed by atoms with E-state index >= 15 is 0 Å². The van der Waals surface area contributed by atoms with Crippen molar-refractivity contribution in [2.45, 2.75) is 26.1 Å². The van der Waals surface area contributed by atoms with Crippen LogP contribution in [-0.2, 0) is 12.7 Å². The molecule has 0 aliphatic heterocycles. The molecule has 0 radical (unpaired) electrons. The fraction of sp³-hybridized carbons (Fsp3) is 0.368. The number of guanidine groups is 1. The summed E-state index contributed by atoms with van der Waals surface area (Å²) in [5, 5.41) is 10.3. The maximum atomic E-state index is 12.7. The molecule has 0 bridgehead atoms. The van der Waals surface area contributed by atoms with E-state index in [1.807, 2.05) is 23.9 Å². The van der Waals surface area contributed by atoms with Crippen molar-refractivity contribution in [3.05, 3.63) is 53.9 Å². The molecule has 0 aliphatic rings. The van der Waals surface area contributed by atoms with Crippen molar-refractivity contribution in [1.82, 2.24) is 20.4 Å². The number of alkyl halides is 3. The van der Waals surface area contributed by atoms with Gasteiger partial charge in [0.05, 0.1) is 12.1 Å². The number of hydrogen-bond donors (Lipinski definition) is 2. The zero-order chi connectivity index (χ0) is 19.5.